The van der Waals surface area contributed by atoms with Gasteiger partial charge >= 0.3 is 0 Å². The molecule has 3 aromatic rings. The van der Waals surface area contributed by atoms with Crippen LogP contribution in [0.3, 0.4) is 0 Å². The van der Waals surface area contributed by atoms with E-state index >= 15 is 0 Å². The molecule has 0 bridgehead atoms. The first-order valence-electron chi connectivity index (χ1n) is 11.1. The van der Waals surface area contributed by atoms with Crippen LogP contribution < -0.4 is 16.0 Å². The van der Waals surface area contributed by atoms with Crippen LogP contribution in [-0.2, 0) is 20.1 Å². The molecular formula is C26H32N4O2. The number of piperazine rings is 1. The van der Waals surface area contributed by atoms with Crippen LogP contribution in [0.4, 0.5) is 5.69 Å². The van der Waals surface area contributed by atoms with Gasteiger partial charge in [-0.05, 0) is 47.9 Å². The number of hydrogen-bond acceptors (Lipinski definition) is 5. The minimum Gasteiger partial charge on any atom is -0.496 e. The molecule has 0 spiro atoms. The number of benzene rings is 2. The van der Waals surface area contributed by atoms with Gasteiger partial charge in [-0.2, -0.15) is 0 Å². The van der Waals surface area contributed by atoms with Gasteiger partial charge in [0.05, 0.1) is 7.11 Å². The number of aromatic nitrogens is 1. The maximum atomic E-state index is 12.0. The highest BCUT2D eigenvalue weighted by molar-refractivity contribution is 5.66. The lowest BCUT2D eigenvalue weighted by atomic mass is 10.0. The van der Waals surface area contributed by atoms with Crippen LogP contribution in [0.25, 0.3) is 11.1 Å². The quantitative estimate of drug-likeness (QED) is 0.606. The highest BCUT2D eigenvalue weighted by Gasteiger charge is 2.19. The summed E-state index contributed by atoms with van der Waals surface area (Å²) in [4.78, 5) is 17.0. The second-order valence-electron chi connectivity index (χ2n) is 8.65. The fraction of sp³-hybridized carbons (Fsp3) is 0.346. The Bertz CT molecular complexity index is 1120. The molecule has 168 valence electrons. The first-order chi connectivity index (χ1) is 15.4. The van der Waals surface area contributed by atoms with Crippen molar-refractivity contribution in [1.82, 2.24) is 14.4 Å². The molecule has 1 fully saturated rings. The Morgan fingerprint density at radius 3 is 2.31 bits per heavy atom. The fourth-order valence-electron chi connectivity index (χ4n) is 4.39. The number of nitrogens with two attached hydrogens (primary N) is 1. The van der Waals surface area contributed by atoms with E-state index < -0.39 is 0 Å². The summed E-state index contributed by atoms with van der Waals surface area (Å²) >= 11 is 0. The third-order valence-electron chi connectivity index (χ3n) is 6.20. The average molecular weight is 433 g/mol. The summed E-state index contributed by atoms with van der Waals surface area (Å²) in [6.07, 6.45) is 1.88. The average Bonchev–Trinajstić information content (AvgIpc) is 2.78. The number of anilines is 1. The van der Waals surface area contributed by atoms with Crippen LogP contribution >= 0.6 is 0 Å². The Morgan fingerprint density at radius 2 is 1.66 bits per heavy atom. The van der Waals surface area contributed by atoms with Gasteiger partial charge in [-0.1, -0.05) is 24.3 Å². The molecule has 1 aliphatic heterocycles. The molecule has 6 heteroatoms. The maximum absolute atomic E-state index is 12.0. The SMILES string of the molecule is COc1cc(-c2cc(C)c(=O)n(C)c2)ccc1CN1CCN(Cc2cccc(N)c2)CC1. The summed E-state index contributed by atoms with van der Waals surface area (Å²) in [7, 11) is 3.51. The van der Waals surface area contributed by atoms with Gasteiger partial charge in [-0.25, -0.2) is 0 Å². The van der Waals surface area contributed by atoms with Crippen molar-refractivity contribution < 1.29 is 4.74 Å². The Balaban J connectivity index is 1.41. The summed E-state index contributed by atoms with van der Waals surface area (Å²) in [5, 5.41) is 0. The monoisotopic (exact) mass is 432 g/mol. The molecular weight excluding hydrogens is 400 g/mol. The molecule has 0 atom stereocenters. The molecule has 6 nitrogen and oxygen atoms in total. The summed E-state index contributed by atoms with van der Waals surface area (Å²) in [6.45, 7) is 7.76. The Hall–Kier alpha value is -3.09. The van der Waals surface area contributed by atoms with E-state index in [0.29, 0.717) is 0 Å². The molecule has 1 saturated heterocycles. The van der Waals surface area contributed by atoms with Crippen molar-refractivity contribution in [3.8, 4) is 16.9 Å². The largest absolute Gasteiger partial charge is 0.496 e. The number of pyridine rings is 1. The number of methoxy groups -OCH3 is 1. The molecule has 2 N–H and O–H groups in total. The lowest BCUT2D eigenvalue weighted by molar-refractivity contribution is 0.121. The van der Waals surface area contributed by atoms with Gasteiger partial charge in [0.15, 0.2) is 0 Å². The van der Waals surface area contributed by atoms with Crippen molar-refractivity contribution >= 4 is 5.69 Å². The van der Waals surface area contributed by atoms with E-state index in [1.54, 1.807) is 18.7 Å². The predicted molar refractivity (Wildman–Crippen MR) is 130 cm³/mol. The standard InChI is InChI=1S/C26H32N4O2/c1-19-13-23(17-28(2)26(19)31)21-7-8-22(25(15-21)32-3)18-30-11-9-29(10-12-30)16-20-5-4-6-24(27)14-20/h4-8,13-15,17H,9-12,16,18,27H2,1-3H3. The van der Waals surface area contributed by atoms with E-state index in [-0.39, 0.29) is 5.56 Å². The van der Waals surface area contributed by atoms with Gasteiger partial charge in [0.2, 0.25) is 0 Å². The lowest BCUT2D eigenvalue weighted by Crippen LogP contribution is -2.45. The molecule has 0 aliphatic carbocycles. The number of nitrogens with zero attached hydrogens (tertiary/aromatic N) is 3. The van der Waals surface area contributed by atoms with E-state index in [9.17, 15) is 4.79 Å². The van der Waals surface area contributed by atoms with Crippen LogP contribution in [0.5, 0.6) is 5.75 Å². The van der Waals surface area contributed by atoms with Crippen LogP contribution in [0.1, 0.15) is 16.7 Å². The number of nitrogen functional groups attached to an aromatic ring is 1. The molecule has 1 aromatic heterocycles. The predicted octanol–water partition coefficient (Wildman–Crippen LogP) is 3.27. The van der Waals surface area contributed by atoms with Gasteiger partial charge in [0.1, 0.15) is 5.75 Å². The topological polar surface area (TPSA) is 63.7 Å². The smallest absolute Gasteiger partial charge is 0.253 e. The van der Waals surface area contributed by atoms with Gasteiger partial charge in [-0.3, -0.25) is 14.6 Å². The van der Waals surface area contributed by atoms with Crippen LogP contribution in [0.15, 0.2) is 59.5 Å². The lowest BCUT2D eigenvalue weighted by Gasteiger charge is -2.35. The van der Waals surface area contributed by atoms with Crippen molar-refractivity contribution in [1.29, 1.82) is 0 Å². The molecule has 0 radical (unpaired) electrons. The van der Waals surface area contributed by atoms with Gasteiger partial charge in [0, 0.05) is 69.3 Å². The van der Waals surface area contributed by atoms with Crippen LogP contribution in [0, 0.1) is 6.92 Å². The highest BCUT2D eigenvalue weighted by Crippen LogP contribution is 2.28. The molecule has 0 amide bonds. The normalized spacial score (nSPS) is 15.1. The molecule has 2 aromatic carbocycles. The number of ether oxygens (including phenoxy) is 1. The van der Waals surface area contributed by atoms with Crippen molar-refractivity contribution in [2.24, 2.45) is 7.05 Å². The molecule has 1 aliphatic rings. The zero-order valence-electron chi connectivity index (χ0n) is 19.2. The summed E-state index contributed by atoms with van der Waals surface area (Å²) < 4.78 is 7.36. The molecule has 32 heavy (non-hydrogen) atoms. The third-order valence-corrected chi connectivity index (χ3v) is 6.20. The third kappa shape index (κ3) is 5.03. The van der Waals surface area contributed by atoms with Crippen LogP contribution in [-0.4, -0.2) is 47.7 Å². The van der Waals surface area contributed by atoms with Crippen molar-refractivity contribution in [3.05, 3.63) is 81.8 Å². The minimum atomic E-state index is 0.0345. The van der Waals surface area contributed by atoms with E-state index in [1.165, 1.54) is 11.1 Å². The van der Waals surface area contributed by atoms with E-state index in [1.807, 2.05) is 31.3 Å². The minimum absolute atomic E-state index is 0.0345. The highest BCUT2D eigenvalue weighted by atomic mass is 16.5. The summed E-state index contributed by atoms with van der Waals surface area (Å²) in [5.74, 6) is 0.885. The Kier molecular flexibility index (Phi) is 6.63. The number of rotatable bonds is 6. The molecule has 0 saturated carbocycles. The Labute approximate surface area is 189 Å². The van der Waals surface area contributed by atoms with Gasteiger partial charge in [0.25, 0.3) is 5.56 Å². The fourth-order valence-corrected chi connectivity index (χ4v) is 4.39. The van der Waals surface area contributed by atoms with Crippen molar-refractivity contribution in [3.63, 3.8) is 0 Å². The van der Waals surface area contributed by atoms with E-state index in [0.717, 1.165) is 67.4 Å². The van der Waals surface area contributed by atoms with Crippen molar-refractivity contribution in [2.75, 3.05) is 39.0 Å². The Morgan fingerprint density at radius 1 is 0.938 bits per heavy atom. The van der Waals surface area contributed by atoms with E-state index in [2.05, 4.69) is 40.1 Å². The van der Waals surface area contributed by atoms with Crippen molar-refractivity contribution in [2.45, 2.75) is 20.0 Å². The molecule has 4 rings (SSSR count). The number of hydrogen-bond donors (Lipinski definition) is 1. The zero-order valence-corrected chi connectivity index (χ0v) is 19.2. The first-order valence-corrected chi connectivity index (χ1v) is 11.1. The van der Waals surface area contributed by atoms with Crippen LogP contribution in [0.2, 0.25) is 0 Å². The number of aryl methyl sites for hydroxylation is 2. The maximum Gasteiger partial charge on any atom is 0.253 e. The zero-order chi connectivity index (χ0) is 22.7. The second-order valence-corrected chi connectivity index (χ2v) is 8.65. The first kappa shape index (κ1) is 22.1. The second kappa shape index (κ2) is 9.59. The summed E-state index contributed by atoms with van der Waals surface area (Å²) in [6, 6.07) is 16.4. The molecule has 2 heterocycles. The molecule has 0 unspecified atom stereocenters. The van der Waals surface area contributed by atoms with Gasteiger partial charge in [-0.15, -0.1) is 0 Å². The van der Waals surface area contributed by atoms with E-state index in [4.69, 9.17) is 10.5 Å². The van der Waals surface area contributed by atoms with Gasteiger partial charge < -0.3 is 15.0 Å². The summed E-state index contributed by atoms with van der Waals surface area (Å²) in [5.41, 5.74) is 12.0.